The molecule has 1 aromatic rings. The van der Waals surface area contributed by atoms with Crippen molar-refractivity contribution in [2.75, 3.05) is 39.8 Å². The highest BCUT2D eigenvalue weighted by molar-refractivity contribution is 5.90. The average molecular weight is 428 g/mol. The Morgan fingerprint density at radius 3 is 2.16 bits per heavy atom. The lowest BCUT2D eigenvalue weighted by Gasteiger charge is -2.37. The highest BCUT2D eigenvalue weighted by Crippen LogP contribution is 2.40. The Morgan fingerprint density at radius 1 is 1.00 bits per heavy atom. The number of nitrogens with zero attached hydrogens (tertiary/aromatic N) is 3. The number of carbonyl (C=O) groups is 3. The fraction of sp³-hybridized carbons (Fsp3) is 0.625. The Morgan fingerprint density at radius 2 is 1.61 bits per heavy atom. The third-order valence-corrected chi connectivity index (χ3v) is 6.79. The van der Waals surface area contributed by atoms with E-state index in [4.69, 9.17) is 4.74 Å². The topological polar surface area (TPSA) is 70.2 Å². The van der Waals surface area contributed by atoms with Gasteiger partial charge < -0.3 is 19.4 Å². The van der Waals surface area contributed by atoms with Gasteiger partial charge >= 0.3 is 0 Å². The summed E-state index contributed by atoms with van der Waals surface area (Å²) in [6.45, 7) is 5.05. The van der Waals surface area contributed by atoms with Gasteiger partial charge in [-0.25, -0.2) is 0 Å². The van der Waals surface area contributed by atoms with Crippen molar-refractivity contribution < 1.29 is 19.1 Å². The molecule has 2 atom stereocenters. The smallest absolute Gasteiger partial charge is 0.228 e. The number of piperazine rings is 1. The molecule has 1 saturated carbocycles. The van der Waals surface area contributed by atoms with Crippen LogP contribution in [0.4, 0.5) is 0 Å². The minimum atomic E-state index is -0.386. The van der Waals surface area contributed by atoms with E-state index in [0.29, 0.717) is 32.7 Å². The standard InChI is InChI=1S/C24H33N3O4/c1-3-4-11-27-21(28)16-20(22(27)17-7-9-19(31-2)10-8-17)24(30)26-14-12-25(13-15-26)23(29)18-5-6-18/h7-10,18,20,22H,3-6,11-16H2,1-2H3/t20-,22-/m0/s1. The molecule has 0 aromatic heterocycles. The van der Waals surface area contributed by atoms with Gasteiger partial charge in [0.2, 0.25) is 17.7 Å². The molecule has 7 heteroatoms. The number of rotatable bonds is 7. The quantitative estimate of drug-likeness (QED) is 0.670. The average Bonchev–Trinajstić information content (AvgIpc) is 3.60. The van der Waals surface area contributed by atoms with E-state index in [0.717, 1.165) is 37.0 Å². The summed E-state index contributed by atoms with van der Waals surface area (Å²) in [6, 6.07) is 7.46. The molecule has 2 heterocycles. The SMILES string of the molecule is CCCCN1C(=O)C[C@H](C(=O)N2CCN(C(=O)C3CC3)CC2)[C@@H]1c1ccc(OC)cc1. The molecule has 3 amide bonds. The van der Waals surface area contributed by atoms with Gasteiger partial charge in [-0.15, -0.1) is 0 Å². The molecular formula is C24H33N3O4. The summed E-state index contributed by atoms with van der Waals surface area (Å²) in [7, 11) is 1.63. The molecule has 0 unspecified atom stereocenters. The first-order valence-corrected chi connectivity index (χ1v) is 11.5. The maximum absolute atomic E-state index is 13.5. The van der Waals surface area contributed by atoms with Crippen molar-refractivity contribution in [3.05, 3.63) is 29.8 Å². The third-order valence-electron chi connectivity index (χ3n) is 6.79. The number of ether oxygens (including phenoxy) is 1. The van der Waals surface area contributed by atoms with Crippen molar-refractivity contribution in [2.24, 2.45) is 11.8 Å². The summed E-state index contributed by atoms with van der Waals surface area (Å²) < 4.78 is 5.28. The molecule has 2 aliphatic heterocycles. The van der Waals surface area contributed by atoms with E-state index in [1.54, 1.807) is 7.11 Å². The van der Waals surface area contributed by atoms with E-state index < -0.39 is 0 Å². The molecule has 0 N–H and O–H groups in total. The van der Waals surface area contributed by atoms with Crippen molar-refractivity contribution >= 4 is 17.7 Å². The second-order valence-corrected chi connectivity index (χ2v) is 8.89. The van der Waals surface area contributed by atoms with Crippen molar-refractivity contribution in [3.63, 3.8) is 0 Å². The van der Waals surface area contributed by atoms with Crippen LogP contribution in [-0.2, 0) is 14.4 Å². The largest absolute Gasteiger partial charge is 0.497 e. The van der Waals surface area contributed by atoms with Gasteiger partial charge in [-0.05, 0) is 37.0 Å². The highest BCUT2D eigenvalue weighted by Gasteiger charge is 2.46. The number of hydrogen-bond donors (Lipinski definition) is 0. The van der Waals surface area contributed by atoms with Crippen molar-refractivity contribution in [1.29, 1.82) is 0 Å². The molecule has 168 valence electrons. The monoisotopic (exact) mass is 427 g/mol. The minimum absolute atomic E-state index is 0.0340. The van der Waals surface area contributed by atoms with Crippen LogP contribution < -0.4 is 4.74 Å². The second kappa shape index (κ2) is 9.28. The van der Waals surface area contributed by atoms with E-state index >= 15 is 0 Å². The number of methoxy groups -OCH3 is 1. The van der Waals surface area contributed by atoms with Crippen LogP contribution in [0.15, 0.2) is 24.3 Å². The first kappa shape index (κ1) is 21.7. The summed E-state index contributed by atoms with van der Waals surface area (Å²) in [5.74, 6) is 0.907. The number of amides is 3. The Labute approximate surface area is 184 Å². The maximum atomic E-state index is 13.5. The molecule has 3 fully saturated rings. The molecule has 1 aromatic carbocycles. The third kappa shape index (κ3) is 4.55. The second-order valence-electron chi connectivity index (χ2n) is 8.89. The zero-order chi connectivity index (χ0) is 22.0. The van der Waals surface area contributed by atoms with Crippen LogP contribution in [0.3, 0.4) is 0 Å². The minimum Gasteiger partial charge on any atom is -0.497 e. The summed E-state index contributed by atoms with van der Waals surface area (Å²) in [5, 5.41) is 0. The van der Waals surface area contributed by atoms with E-state index in [-0.39, 0.29) is 42.0 Å². The number of unbranched alkanes of at least 4 members (excludes halogenated alkanes) is 1. The normalized spacial score (nSPS) is 23.9. The van der Waals surface area contributed by atoms with Crippen LogP contribution in [0.1, 0.15) is 50.6 Å². The molecule has 0 spiro atoms. The Balaban J connectivity index is 1.49. The lowest BCUT2D eigenvalue weighted by molar-refractivity contribution is -0.143. The van der Waals surface area contributed by atoms with Gasteiger partial charge in [-0.3, -0.25) is 14.4 Å². The van der Waals surface area contributed by atoms with Crippen molar-refractivity contribution in [1.82, 2.24) is 14.7 Å². The summed E-state index contributed by atoms with van der Waals surface area (Å²) >= 11 is 0. The van der Waals surface area contributed by atoms with Crippen molar-refractivity contribution in [2.45, 2.75) is 45.1 Å². The Hall–Kier alpha value is -2.57. The zero-order valence-electron chi connectivity index (χ0n) is 18.6. The van der Waals surface area contributed by atoms with Crippen LogP contribution in [0.25, 0.3) is 0 Å². The van der Waals surface area contributed by atoms with E-state index in [9.17, 15) is 14.4 Å². The van der Waals surface area contributed by atoms with Gasteiger partial charge in [0.1, 0.15) is 5.75 Å². The van der Waals surface area contributed by atoms with E-state index in [2.05, 4.69) is 6.92 Å². The van der Waals surface area contributed by atoms with Crippen LogP contribution in [0, 0.1) is 11.8 Å². The summed E-state index contributed by atoms with van der Waals surface area (Å²) in [4.78, 5) is 44.4. The molecule has 1 aliphatic carbocycles. The molecule has 31 heavy (non-hydrogen) atoms. The molecule has 4 rings (SSSR count). The van der Waals surface area contributed by atoms with Gasteiger partial charge in [-0.2, -0.15) is 0 Å². The molecule has 0 bridgehead atoms. The van der Waals surface area contributed by atoms with Gasteiger partial charge in [0.05, 0.1) is 19.1 Å². The molecule has 3 aliphatic rings. The highest BCUT2D eigenvalue weighted by atomic mass is 16.5. The fourth-order valence-electron chi connectivity index (χ4n) is 4.79. The van der Waals surface area contributed by atoms with Gasteiger partial charge in [0.25, 0.3) is 0 Å². The lowest BCUT2D eigenvalue weighted by Crippen LogP contribution is -2.52. The predicted molar refractivity (Wildman–Crippen MR) is 116 cm³/mol. The van der Waals surface area contributed by atoms with E-state index in [1.165, 1.54) is 0 Å². The summed E-state index contributed by atoms with van der Waals surface area (Å²) in [6.07, 6.45) is 4.16. The fourth-order valence-corrected chi connectivity index (χ4v) is 4.79. The predicted octanol–water partition coefficient (Wildman–Crippen LogP) is 2.47. The Kier molecular flexibility index (Phi) is 6.49. The molecule has 7 nitrogen and oxygen atoms in total. The van der Waals surface area contributed by atoms with Crippen LogP contribution in [0.2, 0.25) is 0 Å². The number of likely N-dealkylation sites (tertiary alicyclic amines) is 1. The van der Waals surface area contributed by atoms with Gasteiger partial charge in [0, 0.05) is 45.1 Å². The van der Waals surface area contributed by atoms with Crippen LogP contribution in [-0.4, -0.2) is 72.3 Å². The van der Waals surface area contributed by atoms with Gasteiger partial charge in [0.15, 0.2) is 0 Å². The number of benzene rings is 1. The zero-order valence-corrected chi connectivity index (χ0v) is 18.6. The van der Waals surface area contributed by atoms with Crippen molar-refractivity contribution in [3.8, 4) is 5.75 Å². The first-order chi connectivity index (χ1) is 15.0. The molecule has 2 saturated heterocycles. The summed E-state index contributed by atoms with van der Waals surface area (Å²) in [5.41, 5.74) is 0.976. The van der Waals surface area contributed by atoms with E-state index in [1.807, 2.05) is 39.0 Å². The maximum Gasteiger partial charge on any atom is 0.228 e. The Bertz CT molecular complexity index is 813. The first-order valence-electron chi connectivity index (χ1n) is 11.5. The number of hydrogen-bond acceptors (Lipinski definition) is 4. The molecular weight excluding hydrogens is 394 g/mol. The lowest BCUT2D eigenvalue weighted by atomic mass is 9.91. The molecule has 0 radical (unpaired) electrons. The van der Waals surface area contributed by atoms with Crippen LogP contribution in [0.5, 0.6) is 5.75 Å². The van der Waals surface area contributed by atoms with Gasteiger partial charge in [-0.1, -0.05) is 25.5 Å². The van der Waals surface area contributed by atoms with Crippen LogP contribution >= 0.6 is 0 Å². The number of carbonyl (C=O) groups excluding carboxylic acids is 3.